The summed E-state index contributed by atoms with van der Waals surface area (Å²) in [6.45, 7) is 6.44. The largest absolute Gasteiger partial charge is 0.356 e. The highest BCUT2D eigenvalue weighted by Gasteiger charge is 2.09. The van der Waals surface area contributed by atoms with Crippen molar-refractivity contribution in [1.82, 2.24) is 4.98 Å². The predicted molar refractivity (Wildman–Crippen MR) is 60.3 cm³/mol. The Hall–Kier alpha value is -1.35. The number of pyridine rings is 1. The summed E-state index contributed by atoms with van der Waals surface area (Å²) < 4.78 is 0. The zero-order valence-electron chi connectivity index (χ0n) is 8.77. The number of nitrogens with two attached hydrogens (primary N) is 1. The molecule has 0 aromatic carbocycles. The van der Waals surface area contributed by atoms with Crippen LogP contribution in [0.5, 0.6) is 0 Å². The van der Waals surface area contributed by atoms with Crippen molar-refractivity contribution in [3.8, 4) is 0 Å². The number of rotatable bonds is 4. The topological polar surface area (TPSA) is 42.2 Å². The molecule has 3 nitrogen and oxygen atoms in total. The Balaban J connectivity index is 2.99. The van der Waals surface area contributed by atoms with E-state index in [2.05, 4.69) is 11.6 Å². The molecule has 1 rings (SSSR count). The number of nitrogens with zero attached hydrogens (tertiary/aromatic N) is 2. The van der Waals surface area contributed by atoms with Gasteiger partial charge in [0, 0.05) is 31.4 Å². The summed E-state index contributed by atoms with van der Waals surface area (Å²) >= 11 is 0. The average molecular weight is 191 g/mol. The van der Waals surface area contributed by atoms with Crippen molar-refractivity contribution in [2.45, 2.75) is 13.0 Å². The molecule has 1 heterocycles. The molecule has 14 heavy (non-hydrogen) atoms. The third kappa shape index (κ3) is 2.33. The maximum Gasteiger partial charge on any atom is 0.133 e. The molecule has 1 aromatic rings. The Bertz CT molecular complexity index is 307. The van der Waals surface area contributed by atoms with Gasteiger partial charge >= 0.3 is 0 Å². The fourth-order valence-electron chi connectivity index (χ4n) is 1.36. The van der Waals surface area contributed by atoms with Gasteiger partial charge in [-0.05, 0) is 13.0 Å². The zero-order chi connectivity index (χ0) is 10.6. The standard InChI is InChI=1S/C11H17N3/c1-4-8-14(3)11-10(9(2)12)6-5-7-13-11/h4-7,9H,1,8,12H2,2-3H3/t9-/m0/s1. The molecule has 0 amide bonds. The van der Waals surface area contributed by atoms with Crippen LogP contribution in [0.2, 0.25) is 0 Å². The molecule has 0 unspecified atom stereocenters. The van der Waals surface area contributed by atoms with Crippen LogP contribution in [-0.4, -0.2) is 18.6 Å². The van der Waals surface area contributed by atoms with Crippen LogP contribution in [0.3, 0.4) is 0 Å². The first kappa shape index (κ1) is 10.7. The molecule has 0 aliphatic rings. The van der Waals surface area contributed by atoms with Crippen LogP contribution in [-0.2, 0) is 0 Å². The lowest BCUT2D eigenvalue weighted by atomic mass is 10.1. The zero-order valence-corrected chi connectivity index (χ0v) is 8.77. The van der Waals surface area contributed by atoms with Crippen LogP contribution in [0.4, 0.5) is 5.82 Å². The van der Waals surface area contributed by atoms with E-state index in [4.69, 9.17) is 5.73 Å². The molecule has 0 radical (unpaired) electrons. The normalized spacial score (nSPS) is 12.2. The van der Waals surface area contributed by atoms with Gasteiger partial charge in [0.25, 0.3) is 0 Å². The highest BCUT2D eigenvalue weighted by molar-refractivity contribution is 5.47. The molecule has 3 heteroatoms. The molecule has 0 saturated carbocycles. The van der Waals surface area contributed by atoms with Crippen LogP contribution in [0.15, 0.2) is 31.0 Å². The van der Waals surface area contributed by atoms with E-state index >= 15 is 0 Å². The number of hydrogen-bond acceptors (Lipinski definition) is 3. The molecule has 0 bridgehead atoms. The van der Waals surface area contributed by atoms with Crippen molar-refractivity contribution in [2.24, 2.45) is 5.73 Å². The molecule has 0 fully saturated rings. The monoisotopic (exact) mass is 191 g/mol. The van der Waals surface area contributed by atoms with Gasteiger partial charge in [-0.1, -0.05) is 12.1 Å². The minimum absolute atomic E-state index is 0.00552. The summed E-state index contributed by atoms with van der Waals surface area (Å²) in [5.74, 6) is 0.933. The summed E-state index contributed by atoms with van der Waals surface area (Å²) in [7, 11) is 1.98. The van der Waals surface area contributed by atoms with Crippen molar-refractivity contribution in [3.63, 3.8) is 0 Å². The first-order valence-corrected chi connectivity index (χ1v) is 4.69. The minimum atomic E-state index is 0.00552. The van der Waals surface area contributed by atoms with E-state index < -0.39 is 0 Å². The molecular formula is C11H17N3. The first-order chi connectivity index (χ1) is 6.66. The third-order valence-corrected chi connectivity index (χ3v) is 2.07. The van der Waals surface area contributed by atoms with Gasteiger partial charge in [-0.3, -0.25) is 0 Å². The van der Waals surface area contributed by atoms with E-state index in [-0.39, 0.29) is 6.04 Å². The third-order valence-electron chi connectivity index (χ3n) is 2.07. The Morgan fingerprint density at radius 2 is 2.43 bits per heavy atom. The quantitative estimate of drug-likeness (QED) is 0.737. The van der Waals surface area contributed by atoms with Crippen molar-refractivity contribution in [3.05, 3.63) is 36.5 Å². The van der Waals surface area contributed by atoms with Gasteiger partial charge < -0.3 is 10.6 Å². The Morgan fingerprint density at radius 1 is 1.71 bits per heavy atom. The summed E-state index contributed by atoms with van der Waals surface area (Å²) in [6, 6.07) is 3.92. The van der Waals surface area contributed by atoms with E-state index in [1.165, 1.54) is 0 Å². The number of likely N-dealkylation sites (N-methyl/N-ethyl adjacent to an activating group) is 1. The maximum atomic E-state index is 5.86. The van der Waals surface area contributed by atoms with Gasteiger partial charge in [-0.15, -0.1) is 6.58 Å². The second-order valence-corrected chi connectivity index (χ2v) is 3.37. The maximum absolute atomic E-state index is 5.86. The lowest BCUT2D eigenvalue weighted by Gasteiger charge is -2.20. The molecular weight excluding hydrogens is 174 g/mol. The van der Waals surface area contributed by atoms with E-state index in [9.17, 15) is 0 Å². The van der Waals surface area contributed by atoms with E-state index in [0.717, 1.165) is 17.9 Å². The second kappa shape index (κ2) is 4.77. The molecule has 0 aliphatic carbocycles. The SMILES string of the molecule is C=CCN(C)c1ncccc1[C@H](C)N. The van der Waals surface area contributed by atoms with Gasteiger partial charge in [0.15, 0.2) is 0 Å². The lowest BCUT2D eigenvalue weighted by molar-refractivity contribution is 0.800. The van der Waals surface area contributed by atoms with Crippen LogP contribution in [0.1, 0.15) is 18.5 Å². The van der Waals surface area contributed by atoms with E-state index in [0.29, 0.717) is 0 Å². The van der Waals surface area contributed by atoms with Gasteiger partial charge in [-0.2, -0.15) is 0 Å². The van der Waals surface area contributed by atoms with Crippen LogP contribution in [0.25, 0.3) is 0 Å². The van der Waals surface area contributed by atoms with Gasteiger partial charge in [-0.25, -0.2) is 4.98 Å². The lowest BCUT2D eigenvalue weighted by Crippen LogP contribution is -2.21. The Morgan fingerprint density at radius 3 is 3.00 bits per heavy atom. The van der Waals surface area contributed by atoms with Crippen LogP contribution >= 0.6 is 0 Å². The first-order valence-electron chi connectivity index (χ1n) is 4.69. The van der Waals surface area contributed by atoms with E-state index in [1.54, 1.807) is 6.20 Å². The summed E-state index contributed by atoms with van der Waals surface area (Å²) in [5.41, 5.74) is 6.92. The van der Waals surface area contributed by atoms with Crippen LogP contribution < -0.4 is 10.6 Å². The van der Waals surface area contributed by atoms with Crippen LogP contribution in [0, 0.1) is 0 Å². The van der Waals surface area contributed by atoms with Gasteiger partial charge in [0.1, 0.15) is 5.82 Å². The van der Waals surface area contributed by atoms with Crippen molar-refractivity contribution < 1.29 is 0 Å². The summed E-state index contributed by atoms with van der Waals surface area (Å²) in [6.07, 6.45) is 3.63. The molecule has 0 spiro atoms. The van der Waals surface area contributed by atoms with E-state index in [1.807, 2.05) is 37.1 Å². The Labute approximate surface area is 85.3 Å². The molecule has 0 saturated heterocycles. The predicted octanol–water partition coefficient (Wildman–Crippen LogP) is 1.72. The number of aromatic nitrogens is 1. The van der Waals surface area contributed by atoms with Crippen molar-refractivity contribution in [2.75, 3.05) is 18.5 Å². The van der Waals surface area contributed by atoms with Crippen molar-refractivity contribution >= 4 is 5.82 Å². The number of hydrogen-bond donors (Lipinski definition) is 1. The number of anilines is 1. The van der Waals surface area contributed by atoms with Gasteiger partial charge in [0.05, 0.1) is 0 Å². The summed E-state index contributed by atoms with van der Waals surface area (Å²) in [4.78, 5) is 6.35. The Kier molecular flexibility index (Phi) is 3.65. The van der Waals surface area contributed by atoms with Gasteiger partial charge in [0.2, 0.25) is 0 Å². The average Bonchev–Trinajstić information content (AvgIpc) is 2.18. The fourth-order valence-corrected chi connectivity index (χ4v) is 1.36. The molecule has 2 N–H and O–H groups in total. The molecule has 0 aliphatic heterocycles. The summed E-state index contributed by atoms with van der Waals surface area (Å²) in [5, 5.41) is 0. The highest BCUT2D eigenvalue weighted by atomic mass is 15.2. The second-order valence-electron chi connectivity index (χ2n) is 3.37. The smallest absolute Gasteiger partial charge is 0.133 e. The molecule has 1 atom stereocenters. The highest BCUT2D eigenvalue weighted by Crippen LogP contribution is 2.20. The fraction of sp³-hybridized carbons (Fsp3) is 0.364. The molecule has 76 valence electrons. The van der Waals surface area contributed by atoms with Crippen molar-refractivity contribution in [1.29, 1.82) is 0 Å². The molecule has 1 aromatic heterocycles. The minimum Gasteiger partial charge on any atom is -0.356 e.